The summed E-state index contributed by atoms with van der Waals surface area (Å²) in [5.41, 5.74) is 24.2. The second-order valence-corrected chi connectivity index (χ2v) is 16.6. The number of para-hydroxylation sites is 4. The highest BCUT2D eigenvalue weighted by molar-refractivity contribution is 8.00. The van der Waals surface area contributed by atoms with E-state index >= 15 is 0 Å². The van der Waals surface area contributed by atoms with E-state index in [0.717, 1.165) is 0 Å². The van der Waals surface area contributed by atoms with Gasteiger partial charge in [-0.15, -0.1) is 0 Å². The smallest absolute Gasteiger partial charge is 0.252 e. The van der Waals surface area contributed by atoms with Crippen LogP contribution in [0.4, 0.5) is 51.2 Å². The second-order valence-electron chi connectivity index (χ2n) is 15.5. The lowest BCUT2D eigenvalue weighted by Crippen LogP contribution is -2.73. The monoisotopic (exact) mass is 711 g/mol. The molecule has 250 valence electrons. The number of fused-ring (bicyclic) bond motifs is 9. The van der Waals surface area contributed by atoms with E-state index in [1.54, 1.807) is 0 Å². The van der Waals surface area contributed by atoms with Crippen LogP contribution in [0.2, 0.25) is 0 Å². The molecule has 0 N–H and O–H groups in total. The van der Waals surface area contributed by atoms with Gasteiger partial charge in [0.15, 0.2) is 0 Å². The van der Waals surface area contributed by atoms with Crippen molar-refractivity contribution in [3.05, 3.63) is 170 Å². The third-order valence-electron chi connectivity index (χ3n) is 13.1. The zero-order chi connectivity index (χ0) is 35.5. The van der Waals surface area contributed by atoms with Crippen molar-refractivity contribution in [2.24, 2.45) is 0 Å². The molecule has 0 atom stereocenters. The molecule has 7 heteroatoms. The fourth-order valence-electron chi connectivity index (χ4n) is 11.2. The molecule has 3 nitrogen and oxygen atoms in total. The van der Waals surface area contributed by atoms with Crippen LogP contribution in [0.5, 0.6) is 0 Å². The van der Waals surface area contributed by atoms with Gasteiger partial charge in [-0.25, -0.2) is 0 Å². The number of rotatable bonds is 2. The van der Waals surface area contributed by atoms with E-state index in [1.165, 1.54) is 110 Å². The Morgan fingerprint density at radius 2 is 0.727 bits per heavy atom. The maximum Gasteiger partial charge on any atom is 0.252 e. The Hall–Kier alpha value is -6.30. The summed E-state index contributed by atoms with van der Waals surface area (Å²) in [6.07, 6.45) is 0. The molecule has 55 heavy (non-hydrogen) atoms. The van der Waals surface area contributed by atoms with E-state index < -0.39 is 0 Å². The molecule has 6 aliphatic heterocycles. The molecule has 0 bridgehead atoms. The lowest BCUT2D eigenvalue weighted by Gasteiger charge is -2.53. The van der Waals surface area contributed by atoms with Crippen molar-refractivity contribution in [3.8, 4) is 0 Å². The van der Waals surface area contributed by atoms with Gasteiger partial charge in [-0.2, -0.15) is 0 Å². The van der Waals surface area contributed by atoms with Crippen LogP contribution in [0.25, 0.3) is 0 Å². The van der Waals surface area contributed by atoms with Crippen molar-refractivity contribution in [3.63, 3.8) is 0 Å². The first-order valence-corrected chi connectivity index (χ1v) is 20.1. The minimum atomic E-state index is 0.0835. The zero-order valence-corrected chi connectivity index (χ0v) is 30.5. The van der Waals surface area contributed by atoms with Crippen molar-refractivity contribution in [1.82, 2.24) is 0 Å². The Kier molecular flexibility index (Phi) is 5.43. The molecule has 8 aromatic rings. The van der Waals surface area contributed by atoms with Crippen molar-refractivity contribution >= 4 is 132 Å². The fourth-order valence-corrected chi connectivity index (χ4v) is 12.3. The molecular formula is C48H28B3N3S. The van der Waals surface area contributed by atoms with E-state index in [4.69, 9.17) is 0 Å². The third kappa shape index (κ3) is 3.46. The topological polar surface area (TPSA) is 9.72 Å². The van der Waals surface area contributed by atoms with Gasteiger partial charge in [0.25, 0.3) is 13.4 Å². The molecule has 0 fully saturated rings. The standard InChI is InChI=1S/C48H28B3N3S/c1-3-13-29(14-4-1)52-37-20-10-7-17-31(37)49-34-23-26-39-43-46(34)54-47-35(24-27-40(52)44(47)49)51-33-19-9-12-22-41(33)55-42-28-25-36(48(54)45(42)51)50(43)32-18-8-11-21-38(32)53(39)30-15-5-2-6-16-30/h1-28H. The third-order valence-corrected chi connectivity index (χ3v) is 14.2. The van der Waals surface area contributed by atoms with Gasteiger partial charge >= 0.3 is 0 Å². The molecule has 14 rings (SSSR count). The molecule has 0 amide bonds. The van der Waals surface area contributed by atoms with Crippen LogP contribution in [0, 0.1) is 0 Å². The first-order chi connectivity index (χ1) is 27.3. The zero-order valence-electron chi connectivity index (χ0n) is 29.6. The van der Waals surface area contributed by atoms with E-state index in [0.29, 0.717) is 0 Å². The van der Waals surface area contributed by atoms with Gasteiger partial charge in [-0.1, -0.05) is 126 Å². The van der Waals surface area contributed by atoms with Crippen LogP contribution >= 0.6 is 11.8 Å². The first kappa shape index (κ1) is 29.1. The Morgan fingerprint density at radius 3 is 1.29 bits per heavy atom. The maximum atomic E-state index is 2.75. The second kappa shape index (κ2) is 10.3. The van der Waals surface area contributed by atoms with Crippen LogP contribution in [0.3, 0.4) is 0 Å². The normalized spacial score (nSPS) is 15.0. The van der Waals surface area contributed by atoms with Crippen LogP contribution in [-0.4, -0.2) is 20.1 Å². The molecule has 6 heterocycles. The first-order valence-electron chi connectivity index (χ1n) is 19.3. The summed E-state index contributed by atoms with van der Waals surface area (Å²) in [4.78, 5) is 10.5. The number of hydrogen-bond donors (Lipinski definition) is 0. The average molecular weight is 711 g/mol. The lowest BCUT2D eigenvalue weighted by atomic mass is 9.25. The Bertz CT molecular complexity index is 2970. The van der Waals surface area contributed by atoms with Crippen LogP contribution in [-0.2, 0) is 0 Å². The summed E-state index contributed by atoms with van der Waals surface area (Å²) in [6.45, 7) is 0.333. The molecule has 0 radical (unpaired) electrons. The number of nitrogens with zero attached hydrogens (tertiary/aromatic N) is 3. The fraction of sp³-hybridized carbons (Fsp3) is 0. The van der Waals surface area contributed by atoms with Gasteiger partial charge in [-0.3, -0.25) is 0 Å². The summed E-state index contributed by atoms with van der Waals surface area (Å²) < 4.78 is 0. The van der Waals surface area contributed by atoms with E-state index in [1.807, 2.05) is 11.8 Å². The minimum Gasteiger partial charge on any atom is -0.313 e. The molecule has 0 saturated carbocycles. The van der Waals surface area contributed by atoms with Gasteiger partial charge < -0.3 is 14.7 Å². The van der Waals surface area contributed by atoms with Crippen molar-refractivity contribution in [2.75, 3.05) is 14.7 Å². The van der Waals surface area contributed by atoms with Gasteiger partial charge in [0.1, 0.15) is 0 Å². The number of benzene rings is 8. The summed E-state index contributed by atoms with van der Waals surface area (Å²) >= 11 is 1.94. The molecule has 0 saturated heterocycles. The van der Waals surface area contributed by atoms with Crippen molar-refractivity contribution in [1.29, 1.82) is 0 Å². The molecule has 0 unspecified atom stereocenters. The number of anilines is 9. The largest absolute Gasteiger partial charge is 0.313 e. The summed E-state index contributed by atoms with van der Waals surface area (Å²) in [6, 6.07) is 64.1. The van der Waals surface area contributed by atoms with Crippen molar-refractivity contribution < 1.29 is 0 Å². The van der Waals surface area contributed by atoms with Crippen molar-refractivity contribution in [2.45, 2.75) is 9.79 Å². The highest BCUT2D eigenvalue weighted by Crippen LogP contribution is 2.49. The highest BCUT2D eigenvalue weighted by Gasteiger charge is 2.55. The Labute approximate surface area is 325 Å². The molecule has 0 aliphatic carbocycles. The SMILES string of the molecule is c1ccc(N2c3ccccc3B3c4ccc5c6c4N4c7c(ccc2c73)B2c3ccccc3N(c3ccccc3)c3ccc(c4c32)B6c2ccccc2S5)cc1. The minimum absolute atomic E-state index is 0.0835. The Morgan fingerprint density at radius 1 is 0.291 bits per heavy atom. The van der Waals surface area contributed by atoms with Crippen LogP contribution in [0.1, 0.15) is 0 Å². The van der Waals surface area contributed by atoms with E-state index in [-0.39, 0.29) is 20.1 Å². The predicted octanol–water partition coefficient (Wildman–Crippen LogP) is 5.68. The van der Waals surface area contributed by atoms with Gasteiger partial charge in [0, 0.05) is 61.0 Å². The Balaban J connectivity index is 1.16. The number of hydrogen-bond acceptors (Lipinski definition) is 4. The lowest BCUT2D eigenvalue weighted by molar-refractivity contribution is 1.24. The molecule has 0 aromatic heterocycles. The molecular weight excluding hydrogens is 683 g/mol. The quantitative estimate of drug-likeness (QED) is 0.214. The van der Waals surface area contributed by atoms with E-state index in [2.05, 4.69) is 185 Å². The molecule has 0 spiro atoms. The molecule has 6 aliphatic rings. The summed E-state index contributed by atoms with van der Waals surface area (Å²) in [7, 11) is 0. The highest BCUT2D eigenvalue weighted by atomic mass is 32.2. The predicted molar refractivity (Wildman–Crippen MR) is 235 cm³/mol. The van der Waals surface area contributed by atoms with Crippen LogP contribution < -0.4 is 63.9 Å². The van der Waals surface area contributed by atoms with E-state index in [9.17, 15) is 0 Å². The van der Waals surface area contributed by atoms with Gasteiger partial charge in [0.05, 0.1) is 0 Å². The van der Waals surface area contributed by atoms with Gasteiger partial charge in [-0.05, 0) is 104 Å². The average Bonchev–Trinajstić information content (AvgIpc) is 3.25. The molecule has 8 aromatic carbocycles. The van der Waals surface area contributed by atoms with Gasteiger partial charge in [0.2, 0.25) is 6.71 Å². The summed E-state index contributed by atoms with van der Waals surface area (Å²) in [5, 5.41) is 0. The summed E-state index contributed by atoms with van der Waals surface area (Å²) in [5.74, 6) is 0. The van der Waals surface area contributed by atoms with Crippen LogP contribution in [0.15, 0.2) is 180 Å². The maximum absolute atomic E-state index is 2.75.